The molecule has 0 amide bonds. The van der Waals surface area contributed by atoms with Crippen molar-refractivity contribution in [3.8, 4) is 0 Å². The van der Waals surface area contributed by atoms with E-state index in [-0.39, 0.29) is 39.9 Å². The average molecular weight is 248 g/mol. The van der Waals surface area contributed by atoms with E-state index >= 15 is 0 Å². The fraction of sp³-hybridized carbons (Fsp3) is 0.700. The number of ketones is 2. The number of Topliss-reactive ketones (excluding diaryl/α,β-unsaturated/α-hetero) is 2. The van der Waals surface area contributed by atoms with Crippen LogP contribution in [-0.4, -0.2) is 24.1 Å². The second-order valence-corrected chi connectivity index (χ2v) is 2.99. The molecule has 0 saturated heterocycles. The Morgan fingerprint density at radius 1 is 1.07 bits per heavy atom. The van der Waals surface area contributed by atoms with Gasteiger partial charge in [-0.25, -0.2) is 0 Å². The van der Waals surface area contributed by atoms with Gasteiger partial charge in [0.1, 0.15) is 0 Å². The van der Waals surface area contributed by atoms with Crippen LogP contribution in [0.25, 0.3) is 0 Å². The largest absolute Gasteiger partial charge is 0.466 e. The molecule has 0 radical (unpaired) electrons. The van der Waals surface area contributed by atoms with Gasteiger partial charge in [0, 0.05) is 41.5 Å². The van der Waals surface area contributed by atoms with Crippen molar-refractivity contribution in [3.63, 3.8) is 0 Å². The van der Waals surface area contributed by atoms with Gasteiger partial charge >= 0.3 is 5.97 Å². The molecule has 0 rings (SSSR count). The fourth-order valence-corrected chi connectivity index (χ4v) is 0.964. The van der Waals surface area contributed by atoms with Gasteiger partial charge in [0.2, 0.25) is 0 Å². The SMILES string of the molecule is CCOC(=O)CCCCC(=O)C(C)=O.[Ti]. The summed E-state index contributed by atoms with van der Waals surface area (Å²) in [6.45, 7) is 3.38. The van der Waals surface area contributed by atoms with Crippen molar-refractivity contribution in [3.05, 3.63) is 0 Å². The molecule has 0 aromatic heterocycles. The minimum absolute atomic E-state index is 0. The van der Waals surface area contributed by atoms with E-state index in [0.29, 0.717) is 25.9 Å². The molecular weight excluding hydrogens is 232 g/mol. The van der Waals surface area contributed by atoms with Crippen molar-refractivity contribution >= 4 is 17.5 Å². The molecule has 5 heteroatoms. The number of ether oxygens (including phenoxy) is 1. The van der Waals surface area contributed by atoms with Crippen LogP contribution >= 0.6 is 0 Å². The average Bonchev–Trinajstić information content (AvgIpc) is 2.12. The number of hydrogen-bond donors (Lipinski definition) is 0. The number of hydrogen-bond acceptors (Lipinski definition) is 4. The van der Waals surface area contributed by atoms with E-state index in [1.54, 1.807) is 6.92 Å². The first-order chi connectivity index (χ1) is 6.57. The van der Waals surface area contributed by atoms with Crippen LogP contribution in [0.5, 0.6) is 0 Å². The molecule has 4 nitrogen and oxygen atoms in total. The van der Waals surface area contributed by atoms with Gasteiger partial charge in [0.15, 0.2) is 11.6 Å². The van der Waals surface area contributed by atoms with Crippen molar-refractivity contribution in [1.29, 1.82) is 0 Å². The standard InChI is InChI=1S/C10H16O4.Ti/c1-3-14-10(13)7-5-4-6-9(12)8(2)11;/h3-7H2,1-2H3;. The van der Waals surface area contributed by atoms with Crippen LogP contribution in [-0.2, 0) is 40.8 Å². The summed E-state index contributed by atoms with van der Waals surface area (Å²) in [6.07, 6.45) is 1.71. The minimum atomic E-state index is -0.416. The van der Waals surface area contributed by atoms with Crippen molar-refractivity contribution < 1.29 is 40.8 Å². The molecule has 0 bridgehead atoms. The third-order valence-corrected chi connectivity index (χ3v) is 1.73. The van der Waals surface area contributed by atoms with Crippen LogP contribution < -0.4 is 0 Å². The minimum Gasteiger partial charge on any atom is -0.466 e. The second kappa shape index (κ2) is 10.1. The summed E-state index contributed by atoms with van der Waals surface area (Å²) in [6, 6.07) is 0. The van der Waals surface area contributed by atoms with E-state index in [2.05, 4.69) is 0 Å². The Morgan fingerprint density at radius 2 is 1.60 bits per heavy atom. The third kappa shape index (κ3) is 9.82. The Morgan fingerprint density at radius 3 is 2.07 bits per heavy atom. The summed E-state index contributed by atoms with van der Waals surface area (Å²) in [5.74, 6) is -1.03. The van der Waals surface area contributed by atoms with Crippen molar-refractivity contribution in [2.45, 2.75) is 39.5 Å². The molecule has 0 heterocycles. The summed E-state index contributed by atoms with van der Waals surface area (Å²) >= 11 is 0. The number of carbonyl (C=O) groups is 3. The molecule has 0 aromatic carbocycles. The van der Waals surface area contributed by atoms with E-state index in [9.17, 15) is 14.4 Å². The number of esters is 1. The van der Waals surface area contributed by atoms with Crippen LogP contribution in [0.3, 0.4) is 0 Å². The number of unbranched alkanes of at least 4 members (excludes halogenated alkanes) is 1. The first-order valence-electron chi connectivity index (χ1n) is 4.77. The predicted molar refractivity (Wildman–Crippen MR) is 50.8 cm³/mol. The van der Waals surface area contributed by atoms with Gasteiger partial charge in [0.05, 0.1) is 6.61 Å². The summed E-state index contributed by atoms with van der Waals surface area (Å²) < 4.78 is 4.71. The quantitative estimate of drug-likeness (QED) is 0.294. The van der Waals surface area contributed by atoms with E-state index in [0.717, 1.165) is 0 Å². The molecule has 0 aromatic rings. The smallest absolute Gasteiger partial charge is 0.305 e. The first-order valence-corrected chi connectivity index (χ1v) is 4.77. The Labute approximate surface area is 105 Å². The zero-order chi connectivity index (χ0) is 11.0. The normalized spacial score (nSPS) is 8.93. The second-order valence-electron chi connectivity index (χ2n) is 2.99. The Kier molecular flexibility index (Phi) is 11.4. The van der Waals surface area contributed by atoms with E-state index < -0.39 is 5.78 Å². The van der Waals surface area contributed by atoms with Crippen LogP contribution in [0, 0.1) is 0 Å². The molecule has 0 N–H and O–H groups in total. The van der Waals surface area contributed by atoms with Crippen molar-refractivity contribution in [2.24, 2.45) is 0 Å². The Bertz CT molecular complexity index is 225. The summed E-state index contributed by atoms with van der Waals surface area (Å²) in [7, 11) is 0. The molecule has 0 spiro atoms. The molecule has 15 heavy (non-hydrogen) atoms. The van der Waals surface area contributed by atoms with E-state index in [1.165, 1.54) is 6.92 Å². The van der Waals surface area contributed by atoms with Gasteiger partial charge in [0.25, 0.3) is 0 Å². The predicted octanol–water partition coefficient (Wildman–Crippen LogP) is 1.27. The van der Waals surface area contributed by atoms with Gasteiger partial charge in [-0.05, 0) is 19.8 Å². The maximum Gasteiger partial charge on any atom is 0.305 e. The molecule has 84 valence electrons. The van der Waals surface area contributed by atoms with Gasteiger partial charge in [-0.3, -0.25) is 14.4 Å². The third-order valence-electron chi connectivity index (χ3n) is 1.73. The fourth-order valence-electron chi connectivity index (χ4n) is 0.964. The van der Waals surface area contributed by atoms with Gasteiger partial charge in [-0.1, -0.05) is 0 Å². The zero-order valence-corrected chi connectivity index (χ0v) is 10.7. The van der Waals surface area contributed by atoms with Crippen LogP contribution in [0.2, 0.25) is 0 Å². The molecule has 0 aliphatic carbocycles. The van der Waals surface area contributed by atoms with Crippen molar-refractivity contribution in [1.82, 2.24) is 0 Å². The monoisotopic (exact) mass is 248 g/mol. The zero-order valence-electron chi connectivity index (χ0n) is 9.17. The Hall–Kier alpha value is -0.476. The van der Waals surface area contributed by atoms with E-state index in [4.69, 9.17) is 4.74 Å². The number of carbonyl (C=O) groups excluding carboxylic acids is 3. The maximum absolute atomic E-state index is 10.8. The summed E-state index contributed by atoms with van der Waals surface area (Å²) in [4.78, 5) is 32.2. The molecule has 0 aliphatic rings. The number of rotatable bonds is 7. The van der Waals surface area contributed by atoms with E-state index in [1.807, 2.05) is 0 Å². The molecular formula is C10H16O4Ti. The molecule has 0 aliphatic heterocycles. The molecule has 0 fully saturated rings. The first kappa shape index (κ1) is 16.9. The topological polar surface area (TPSA) is 60.4 Å². The maximum atomic E-state index is 10.8. The van der Waals surface area contributed by atoms with Crippen LogP contribution in [0.15, 0.2) is 0 Å². The van der Waals surface area contributed by atoms with Crippen LogP contribution in [0.4, 0.5) is 0 Å². The van der Waals surface area contributed by atoms with Gasteiger partial charge in [-0.15, -0.1) is 0 Å². The Balaban J connectivity index is 0. The van der Waals surface area contributed by atoms with Crippen LogP contribution in [0.1, 0.15) is 39.5 Å². The summed E-state index contributed by atoms with van der Waals surface area (Å²) in [5, 5.41) is 0. The van der Waals surface area contributed by atoms with Crippen molar-refractivity contribution in [2.75, 3.05) is 6.61 Å². The van der Waals surface area contributed by atoms with Gasteiger partial charge in [-0.2, -0.15) is 0 Å². The molecule has 0 atom stereocenters. The molecule has 0 saturated carbocycles. The van der Waals surface area contributed by atoms with Gasteiger partial charge < -0.3 is 4.74 Å². The summed E-state index contributed by atoms with van der Waals surface area (Å²) in [5.41, 5.74) is 0. The molecule has 0 unspecified atom stereocenters.